The Morgan fingerprint density at radius 1 is 1.15 bits per heavy atom. The molecule has 2 heteroatoms. The van der Waals surface area contributed by atoms with E-state index in [0.717, 1.165) is 19.5 Å². The molecule has 3 N–H and O–H groups in total. The second-order valence-corrected chi connectivity index (χ2v) is 3.03. The van der Waals surface area contributed by atoms with Crippen LogP contribution in [0.25, 0.3) is 0 Å². The maximum absolute atomic E-state index is 5.37. The van der Waals surface area contributed by atoms with Crippen LogP contribution in [-0.4, -0.2) is 13.1 Å². The van der Waals surface area contributed by atoms with Crippen molar-refractivity contribution in [3.63, 3.8) is 0 Å². The van der Waals surface area contributed by atoms with Gasteiger partial charge < -0.3 is 11.1 Å². The predicted octanol–water partition coefficient (Wildman–Crippen LogP) is 1.11. The standard InChI is InChI=1S/C11H17N2/c1-2-10-3-5-11(6-4-10)9-13-8-7-12/h3-6,13H,1-2,7-9,12H2. The van der Waals surface area contributed by atoms with E-state index in [1.54, 1.807) is 0 Å². The summed E-state index contributed by atoms with van der Waals surface area (Å²) in [6.07, 6.45) is 0.858. The lowest BCUT2D eigenvalue weighted by molar-refractivity contribution is 0.695. The molecule has 1 radical (unpaired) electrons. The third-order valence-corrected chi connectivity index (χ3v) is 1.96. The van der Waals surface area contributed by atoms with Crippen molar-refractivity contribution in [3.05, 3.63) is 42.3 Å². The summed E-state index contributed by atoms with van der Waals surface area (Å²) in [5.74, 6) is 0. The van der Waals surface area contributed by atoms with Crippen molar-refractivity contribution in [1.82, 2.24) is 5.32 Å². The van der Waals surface area contributed by atoms with Gasteiger partial charge >= 0.3 is 0 Å². The van der Waals surface area contributed by atoms with Crippen LogP contribution in [0.2, 0.25) is 0 Å². The summed E-state index contributed by atoms with van der Waals surface area (Å²) in [5, 5.41) is 3.25. The van der Waals surface area contributed by atoms with Crippen molar-refractivity contribution >= 4 is 0 Å². The first-order chi connectivity index (χ1) is 6.36. The molecule has 71 valence electrons. The maximum atomic E-state index is 5.37. The van der Waals surface area contributed by atoms with Gasteiger partial charge in [0.1, 0.15) is 0 Å². The molecule has 0 aliphatic heterocycles. The van der Waals surface area contributed by atoms with Crippen LogP contribution in [0.1, 0.15) is 11.1 Å². The monoisotopic (exact) mass is 177 g/mol. The van der Waals surface area contributed by atoms with E-state index in [0.29, 0.717) is 6.54 Å². The molecular weight excluding hydrogens is 160 g/mol. The van der Waals surface area contributed by atoms with Crippen molar-refractivity contribution in [1.29, 1.82) is 0 Å². The van der Waals surface area contributed by atoms with Crippen molar-refractivity contribution in [3.8, 4) is 0 Å². The van der Waals surface area contributed by atoms with Crippen LogP contribution in [-0.2, 0) is 13.0 Å². The van der Waals surface area contributed by atoms with Crippen molar-refractivity contribution in [2.24, 2.45) is 5.73 Å². The third kappa shape index (κ3) is 3.57. The summed E-state index contributed by atoms with van der Waals surface area (Å²) in [5.41, 5.74) is 7.94. The minimum atomic E-state index is 0.691. The molecule has 0 fully saturated rings. The second kappa shape index (κ2) is 5.73. The fourth-order valence-corrected chi connectivity index (χ4v) is 1.16. The number of benzene rings is 1. The van der Waals surface area contributed by atoms with Gasteiger partial charge in [0.15, 0.2) is 0 Å². The molecule has 0 bridgehead atoms. The van der Waals surface area contributed by atoms with Crippen LogP contribution in [0.15, 0.2) is 24.3 Å². The number of hydrogen-bond donors (Lipinski definition) is 2. The first kappa shape index (κ1) is 10.2. The Hall–Kier alpha value is -0.860. The highest BCUT2D eigenvalue weighted by Crippen LogP contribution is 2.04. The summed E-state index contributed by atoms with van der Waals surface area (Å²) >= 11 is 0. The largest absolute Gasteiger partial charge is 0.329 e. The van der Waals surface area contributed by atoms with Crippen LogP contribution in [0, 0.1) is 6.92 Å². The Balaban J connectivity index is 2.40. The van der Waals surface area contributed by atoms with Crippen molar-refractivity contribution in [2.75, 3.05) is 13.1 Å². The van der Waals surface area contributed by atoms with Gasteiger partial charge in [-0.1, -0.05) is 24.3 Å². The summed E-state index contributed by atoms with van der Waals surface area (Å²) in [4.78, 5) is 0. The molecule has 0 amide bonds. The minimum Gasteiger partial charge on any atom is -0.329 e. The Morgan fingerprint density at radius 3 is 2.31 bits per heavy atom. The lowest BCUT2D eigenvalue weighted by Gasteiger charge is -2.03. The molecule has 0 spiro atoms. The van der Waals surface area contributed by atoms with E-state index < -0.39 is 0 Å². The molecule has 0 aliphatic rings. The van der Waals surface area contributed by atoms with E-state index in [4.69, 9.17) is 5.73 Å². The third-order valence-electron chi connectivity index (χ3n) is 1.96. The van der Waals surface area contributed by atoms with E-state index in [1.165, 1.54) is 11.1 Å². The van der Waals surface area contributed by atoms with Gasteiger partial charge in [-0.2, -0.15) is 0 Å². The Kier molecular flexibility index (Phi) is 4.50. The van der Waals surface area contributed by atoms with Crippen molar-refractivity contribution in [2.45, 2.75) is 13.0 Å². The van der Waals surface area contributed by atoms with Crippen LogP contribution in [0.3, 0.4) is 0 Å². The predicted molar refractivity (Wildman–Crippen MR) is 56.3 cm³/mol. The molecule has 1 aromatic rings. The Bertz CT molecular complexity index is 228. The van der Waals surface area contributed by atoms with E-state index in [9.17, 15) is 0 Å². The SMILES string of the molecule is [CH2]Cc1ccc(CNCCN)cc1. The first-order valence-corrected chi connectivity index (χ1v) is 4.64. The second-order valence-electron chi connectivity index (χ2n) is 3.03. The normalized spacial score (nSPS) is 10.3. The van der Waals surface area contributed by atoms with Gasteiger partial charge in [0.05, 0.1) is 0 Å². The molecule has 0 unspecified atom stereocenters. The van der Waals surface area contributed by atoms with Gasteiger partial charge in [-0.3, -0.25) is 0 Å². The Labute approximate surface area is 80.1 Å². The molecule has 0 saturated carbocycles. The summed E-state index contributed by atoms with van der Waals surface area (Å²) in [6.45, 7) is 6.29. The fourth-order valence-electron chi connectivity index (χ4n) is 1.16. The average molecular weight is 177 g/mol. The Morgan fingerprint density at radius 2 is 1.77 bits per heavy atom. The van der Waals surface area contributed by atoms with Crippen LogP contribution in [0.5, 0.6) is 0 Å². The molecule has 2 nitrogen and oxygen atoms in total. The van der Waals surface area contributed by atoms with Gasteiger partial charge in [-0.05, 0) is 24.5 Å². The molecule has 13 heavy (non-hydrogen) atoms. The highest BCUT2D eigenvalue weighted by Gasteiger charge is 1.92. The summed E-state index contributed by atoms with van der Waals surface area (Å²) in [7, 11) is 0. The first-order valence-electron chi connectivity index (χ1n) is 4.64. The van der Waals surface area contributed by atoms with Crippen LogP contribution >= 0.6 is 0 Å². The molecule has 0 heterocycles. The number of nitrogens with one attached hydrogen (secondary N) is 1. The van der Waals surface area contributed by atoms with E-state index in [-0.39, 0.29) is 0 Å². The number of rotatable bonds is 5. The summed E-state index contributed by atoms with van der Waals surface area (Å²) in [6, 6.07) is 8.49. The quantitative estimate of drug-likeness (QED) is 0.661. The molecule has 1 rings (SSSR count). The van der Waals surface area contributed by atoms with Gasteiger partial charge in [0.2, 0.25) is 0 Å². The van der Waals surface area contributed by atoms with Crippen molar-refractivity contribution < 1.29 is 0 Å². The lowest BCUT2D eigenvalue weighted by Crippen LogP contribution is -2.21. The lowest BCUT2D eigenvalue weighted by atomic mass is 10.1. The zero-order chi connectivity index (χ0) is 9.52. The van der Waals surface area contributed by atoms with Gasteiger partial charge in [0, 0.05) is 19.6 Å². The number of nitrogens with two attached hydrogens (primary N) is 1. The summed E-state index contributed by atoms with van der Waals surface area (Å²) < 4.78 is 0. The molecule has 0 aliphatic carbocycles. The van der Waals surface area contributed by atoms with Gasteiger partial charge in [-0.25, -0.2) is 0 Å². The van der Waals surface area contributed by atoms with Gasteiger partial charge in [0.25, 0.3) is 0 Å². The molecule has 0 aromatic heterocycles. The minimum absolute atomic E-state index is 0.691. The highest BCUT2D eigenvalue weighted by atomic mass is 14.9. The smallest absolute Gasteiger partial charge is 0.0206 e. The molecule has 0 saturated heterocycles. The number of hydrogen-bond acceptors (Lipinski definition) is 2. The van der Waals surface area contributed by atoms with Gasteiger partial charge in [-0.15, -0.1) is 0 Å². The van der Waals surface area contributed by atoms with Crippen LogP contribution in [0.4, 0.5) is 0 Å². The van der Waals surface area contributed by atoms with E-state index >= 15 is 0 Å². The fraction of sp³-hybridized carbons (Fsp3) is 0.364. The maximum Gasteiger partial charge on any atom is 0.0206 e. The molecular formula is C11H17N2. The average Bonchev–Trinajstić information content (AvgIpc) is 2.19. The zero-order valence-corrected chi connectivity index (χ0v) is 7.92. The van der Waals surface area contributed by atoms with E-state index in [2.05, 4.69) is 36.5 Å². The molecule has 0 atom stereocenters. The van der Waals surface area contributed by atoms with Crippen LogP contribution < -0.4 is 11.1 Å². The zero-order valence-electron chi connectivity index (χ0n) is 7.92. The highest BCUT2D eigenvalue weighted by molar-refractivity contribution is 5.22. The molecule has 1 aromatic carbocycles. The topological polar surface area (TPSA) is 38.0 Å². The van der Waals surface area contributed by atoms with E-state index in [1.807, 2.05) is 0 Å².